The van der Waals surface area contributed by atoms with Crippen LogP contribution in [0.2, 0.25) is 0 Å². The fourth-order valence-corrected chi connectivity index (χ4v) is 1.26. The zero-order valence-corrected chi connectivity index (χ0v) is 10.0. The first kappa shape index (κ1) is 15.2. The summed E-state index contributed by atoms with van der Waals surface area (Å²) in [6.45, 7) is 0.0630. The third-order valence-corrected chi connectivity index (χ3v) is 2.01. The number of hydrogen-bond donors (Lipinski definition) is 1. The lowest BCUT2D eigenvalue weighted by molar-refractivity contribution is -0.384. The lowest BCUT2D eigenvalue weighted by Crippen LogP contribution is -2.20. The van der Waals surface area contributed by atoms with E-state index in [1.165, 1.54) is 12.3 Å². The van der Waals surface area contributed by atoms with Gasteiger partial charge in [0, 0.05) is 18.8 Å². The number of alkyl halides is 3. The number of rotatable bonds is 6. The Hall–Kier alpha value is -1.90. The van der Waals surface area contributed by atoms with E-state index >= 15 is 0 Å². The SMILES string of the molecule is Cc1cnc(NCCOCC(F)(F)F)c([N+](=O)[O-])c1. The second-order valence-corrected chi connectivity index (χ2v) is 3.73. The van der Waals surface area contributed by atoms with Crippen LogP contribution in [0.15, 0.2) is 12.3 Å². The predicted octanol–water partition coefficient (Wildman–Crippen LogP) is 2.29. The Kier molecular flexibility index (Phi) is 5.04. The van der Waals surface area contributed by atoms with Crippen molar-refractivity contribution in [2.24, 2.45) is 0 Å². The van der Waals surface area contributed by atoms with Crippen LogP contribution in [0.25, 0.3) is 0 Å². The number of nitrogens with zero attached hydrogens (tertiary/aromatic N) is 2. The fourth-order valence-electron chi connectivity index (χ4n) is 1.26. The first-order chi connectivity index (χ1) is 8.79. The number of hydrogen-bond acceptors (Lipinski definition) is 5. The summed E-state index contributed by atoms with van der Waals surface area (Å²) in [4.78, 5) is 13.9. The summed E-state index contributed by atoms with van der Waals surface area (Å²) in [7, 11) is 0. The van der Waals surface area contributed by atoms with E-state index < -0.39 is 17.7 Å². The minimum Gasteiger partial charge on any atom is -0.370 e. The monoisotopic (exact) mass is 279 g/mol. The first-order valence-electron chi connectivity index (χ1n) is 5.29. The molecule has 0 saturated heterocycles. The average molecular weight is 279 g/mol. The van der Waals surface area contributed by atoms with Crippen molar-refractivity contribution in [2.75, 3.05) is 25.1 Å². The lowest BCUT2D eigenvalue weighted by atomic mass is 10.3. The number of nitro groups is 1. The molecule has 0 radical (unpaired) electrons. The molecule has 0 aliphatic rings. The molecular weight excluding hydrogens is 267 g/mol. The molecule has 0 bridgehead atoms. The van der Waals surface area contributed by atoms with Gasteiger partial charge >= 0.3 is 11.9 Å². The van der Waals surface area contributed by atoms with Crippen LogP contribution >= 0.6 is 0 Å². The summed E-state index contributed by atoms with van der Waals surface area (Å²) < 4.78 is 39.7. The number of aromatic nitrogens is 1. The van der Waals surface area contributed by atoms with Crippen LogP contribution in [0.1, 0.15) is 5.56 Å². The van der Waals surface area contributed by atoms with Crippen molar-refractivity contribution in [1.29, 1.82) is 0 Å². The normalized spacial score (nSPS) is 11.4. The summed E-state index contributed by atoms with van der Waals surface area (Å²) in [5, 5.41) is 13.3. The Bertz CT molecular complexity index is 451. The van der Waals surface area contributed by atoms with E-state index in [1.54, 1.807) is 6.92 Å². The van der Waals surface area contributed by atoms with Crippen LogP contribution in [-0.4, -0.2) is 35.8 Å². The molecule has 1 aromatic rings. The molecule has 9 heteroatoms. The molecule has 0 fully saturated rings. The van der Waals surface area contributed by atoms with Crippen molar-refractivity contribution >= 4 is 11.5 Å². The van der Waals surface area contributed by atoms with Gasteiger partial charge in [0.25, 0.3) is 0 Å². The standard InChI is InChI=1S/C10H12F3N3O3/c1-7-4-8(16(17)18)9(15-5-7)14-2-3-19-6-10(11,12)13/h4-5H,2-3,6H2,1H3,(H,14,15). The average Bonchev–Trinajstić information content (AvgIpc) is 2.28. The van der Waals surface area contributed by atoms with Gasteiger partial charge in [-0.1, -0.05) is 0 Å². The van der Waals surface area contributed by atoms with Crippen molar-refractivity contribution in [3.63, 3.8) is 0 Å². The maximum Gasteiger partial charge on any atom is 0.411 e. The minimum absolute atomic E-state index is 0.00575. The van der Waals surface area contributed by atoms with E-state index in [9.17, 15) is 23.3 Å². The Balaban J connectivity index is 2.47. The van der Waals surface area contributed by atoms with Gasteiger partial charge < -0.3 is 10.1 Å². The number of pyridine rings is 1. The highest BCUT2D eigenvalue weighted by atomic mass is 19.4. The number of ether oxygens (including phenoxy) is 1. The summed E-state index contributed by atoms with van der Waals surface area (Å²) in [6.07, 6.45) is -2.96. The minimum atomic E-state index is -4.38. The second kappa shape index (κ2) is 6.32. The van der Waals surface area contributed by atoms with Gasteiger partial charge in [-0.25, -0.2) is 4.98 Å². The molecule has 0 atom stereocenters. The lowest BCUT2D eigenvalue weighted by Gasteiger charge is -2.09. The molecule has 6 nitrogen and oxygen atoms in total. The molecule has 1 rings (SSSR count). The highest BCUT2D eigenvalue weighted by Crippen LogP contribution is 2.22. The van der Waals surface area contributed by atoms with Gasteiger partial charge in [-0.2, -0.15) is 13.2 Å². The van der Waals surface area contributed by atoms with Crippen LogP contribution in [0.5, 0.6) is 0 Å². The van der Waals surface area contributed by atoms with E-state index in [2.05, 4.69) is 15.0 Å². The zero-order chi connectivity index (χ0) is 14.5. The zero-order valence-electron chi connectivity index (χ0n) is 10.0. The van der Waals surface area contributed by atoms with Crippen molar-refractivity contribution in [3.05, 3.63) is 27.9 Å². The van der Waals surface area contributed by atoms with Crippen LogP contribution in [0, 0.1) is 17.0 Å². The molecule has 0 amide bonds. The molecule has 0 aliphatic heterocycles. The van der Waals surface area contributed by atoms with E-state index in [1.807, 2.05) is 0 Å². The third kappa shape index (κ3) is 5.51. The molecule has 1 aromatic heterocycles. The topological polar surface area (TPSA) is 77.3 Å². The van der Waals surface area contributed by atoms with Crippen molar-refractivity contribution in [2.45, 2.75) is 13.1 Å². The molecule has 1 N–H and O–H groups in total. The number of aryl methyl sites for hydroxylation is 1. The maximum absolute atomic E-state index is 11.8. The molecule has 106 valence electrons. The molecular formula is C10H12F3N3O3. The summed E-state index contributed by atoms with van der Waals surface area (Å²) in [5.74, 6) is 0.00575. The number of halogens is 3. The quantitative estimate of drug-likeness (QED) is 0.491. The summed E-state index contributed by atoms with van der Waals surface area (Å²) in [5.41, 5.74) is 0.390. The van der Waals surface area contributed by atoms with Crippen molar-refractivity contribution in [1.82, 2.24) is 4.98 Å². The maximum atomic E-state index is 11.8. The van der Waals surface area contributed by atoms with Gasteiger partial charge in [0.05, 0.1) is 11.5 Å². The highest BCUT2D eigenvalue weighted by Gasteiger charge is 2.27. The van der Waals surface area contributed by atoms with Crippen LogP contribution in [-0.2, 0) is 4.74 Å². The van der Waals surface area contributed by atoms with Crippen LogP contribution in [0.3, 0.4) is 0 Å². The third-order valence-electron chi connectivity index (χ3n) is 2.01. The fraction of sp³-hybridized carbons (Fsp3) is 0.500. The highest BCUT2D eigenvalue weighted by molar-refractivity contribution is 5.56. The Labute approximate surface area is 106 Å². The van der Waals surface area contributed by atoms with Gasteiger partial charge in [0.1, 0.15) is 6.61 Å². The number of anilines is 1. The van der Waals surface area contributed by atoms with Gasteiger partial charge in [-0.15, -0.1) is 0 Å². The molecule has 0 aromatic carbocycles. The van der Waals surface area contributed by atoms with Gasteiger partial charge in [0.2, 0.25) is 5.82 Å². The van der Waals surface area contributed by atoms with Crippen molar-refractivity contribution in [3.8, 4) is 0 Å². The Morgan fingerprint density at radius 1 is 1.53 bits per heavy atom. The van der Waals surface area contributed by atoms with Crippen molar-refractivity contribution < 1.29 is 22.8 Å². The van der Waals surface area contributed by atoms with Gasteiger partial charge in [0.15, 0.2) is 0 Å². The largest absolute Gasteiger partial charge is 0.411 e. The second-order valence-electron chi connectivity index (χ2n) is 3.73. The van der Waals surface area contributed by atoms with E-state index in [4.69, 9.17) is 0 Å². The number of nitrogens with one attached hydrogen (secondary N) is 1. The Morgan fingerprint density at radius 2 is 2.21 bits per heavy atom. The molecule has 0 unspecified atom stereocenters. The smallest absolute Gasteiger partial charge is 0.370 e. The van der Waals surface area contributed by atoms with Gasteiger partial charge in [-0.3, -0.25) is 10.1 Å². The molecule has 19 heavy (non-hydrogen) atoms. The first-order valence-corrected chi connectivity index (χ1v) is 5.29. The van der Waals surface area contributed by atoms with E-state index in [0.717, 1.165) is 0 Å². The predicted molar refractivity (Wildman–Crippen MR) is 61.0 cm³/mol. The Morgan fingerprint density at radius 3 is 2.79 bits per heavy atom. The molecule has 0 aliphatic carbocycles. The van der Waals surface area contributed by atoms with Crippen LogP contribution in [0.4, 0.5) is 24.7 Å². The van der Waals surface area contributed by atoms with Gasteiger partial charge in [-0.05, 0) is 12.5 Å². The van der Waals surface area contributed by atoms with Crippen LogP contribution < -0.4 is 5.32 Å². The summed E-state index contributed by atoms with van der Waals surface area (Å²) >= 11 is 0. The molecule has 1 heterocycles. The molecule has 0 saturated carbocycles. The van der Waals surface area contributed by atoms with E-state index in [0.29, 0.717) is 5.56 Å². The summed E-state index contributed by atoms with van der Waals surface area (Å²) in [6, 6.07) is 1.33. The molecule has 0 spiro atoms. The van der Waals surface area contributed by atoms with E-state index in [-0.39, 0.29) is 24.7 Å².